The molecular formula is C13H25N3S. The molecule has 0 aliphatic rings. The van der Waals surface area contributed by atoms with E-state index in [2.05, 4.69) is 50.0 Å². The van der Waals surface area contributed by atoms with Crippen LogP contribution in [0.2, 0.25) is 0 Å². The first-order valence-electron chi connectivity index (χ1n) is 6.00. The minimum atomic E-state index is -0.181. The van der Waals surface area contributed by atoms with Crippen LogP contribution in [0.15, 0.2) is 5.38 Å². The molecule has 0 bridgehead atoms. The Kier molecular flexibility index (Phi) is 4.33. The molecule has 0 atom stereocenters. The lowest BCUT2D eigenvalue weighted by molar-refractivity contribution is 0.126. The summed E-state index contributed by atoms with van der Waals surface area (Å²) < 4.78 is 0. The Hall–Kier alpha value is -0.450. The van der Waals surface area contributed by atoms with Crippen molar-refractivity contribution in [2.75, 3.05) is 13.6 Å². The molecule has 2 N–H and O–H groups in total. The van der Waals surface area contributed by atoms with Crippen LogP contribution in [0.5, 0.6) is 0 Å². The standard InChI is InChI=1S/C13H25N3S/c1-10-15-11(8-17-10)7-16(6)9-12(2,3)13(4,5)14/h8H,7,9,14H2,1-6H3. The predicted octanol–water partition coefficient (Wildman–Crippen LogP) is 2.65. The third-order valence-corrected chi connectivity index (χ3v) is 4.33. The van der Waals surface area contributed by atoms with Crippen molar-refractivity contribution < 1.29 is 0 Å². The summed E-state index contributed by atoms with van der Waals surface area (Å²) in [6.45, 7) is 12.5. The average Bonchev–Trinajstić information content (AvgIpc) is 2.47. The van der Waals surface area contributed by atoms with E-state index in [0.717, 1.165) is 23.8 Å². The average molecular weight is 255 g/mol. The predicted molar refractivity (Wildman–Crippen MR) is 75.2 cm³/mol. The van der Waals surface area contributed by atoms with Gasteiger partial charge in [-0.2, -0.15) is 0 Å². The summed E-state index contributed by atoms with van der Waals surface area (Å²) in [5.41, 5.74) is 7.27. The van der Waals surface area contributed by atoms with Gasteiger partial charge in [-0.25, -0.2) is 4.98 Å². The molecule has 0 fully saturated rings. The van der Waals surface area contributed by atoms with Gasteiger partial charge in [0.1, 0.15) is 0 Å². The van der Waals surface area contributed by atoms with Gasteiger partial charge in [0, 0.05) is 24.0 Å². The summed E-state index contributed by atoms with van der Waals surface area (Å²) in [7, 11) is 2.13. The molecule has 4 heteroatoms. The van der Waals surface area contributed by atoms with Crippen LogP contribution >= 0.6 is 11.3 Å². The van der Waals surface area contributed by atoms with Crippen molar-refractivity contribution in [3.8, 4) is 0 Å². The molecule has 0 saturated heterocycles. The topological polar surface area (TPSA) is 42.2 Å². The highest BCUT2D eigenvalue weighted by Crippen LogP contribution is 2.29. The summed E-state index contributed by atoms with van der Waals surface area (Å²) in [6, 6.07) is 0. The zero-order chi connectivity index (χ0) is 13.3. The maximum atomic E-state index is 6.22. The second-order valence-corrected chi connectivity index (χ2v) is 7.20. The van der Waals surface area contributed by atoms with E-state index in [9.17, 15) is 0 Å². The van der Waals surface area contributed by atoms with Gasteiger partial charge in [0.05, 0.1) is 10.7 Å². The normalized spacial score (nSPS) is 13.4. The molecule has 3 nitrogen and oxygen atoms in total. The van der Waals surface area contributed by atoms with Crippen molar-refractivity contribution in [3.63, 3.8) is 0 Å². The second kappa shape index (κ2) is 5.04. The molecule has 0 amide bonds. The molecule has 0 saturated carbocycles. The van der Waals surface area contributed by atoms with Gasteiger partial charge in [0.15, 0.2) is 0 Å². The van der Waals surface area contributed by atoms with E-state index in [0.29, 0.717) is 0 Å². The lowest BCUT2D eigenvalue weighted by Gasteiger charge is -2.41. The van der Waals surface area contributed by atoms with Crippen LogP contribution in [0.25, 0.3) is 0 Å². The number of nitrogens with zero attached hydrogens (tertiary/aromatic N) is 2. The van der Waals surface area contributed by atoms with E-state index in [-0.39, 0.29) is 11.0 Å². The number of aromatic nitrogens is 1. The number of thiazole rings is 1. The maximum Gasteiger partial charge on any atom is 0.0897 e. The van der Waals surface area contributed by atoms with Gasteiger partial charge in [0.2, 0.25) is 0 Å². The molecule has 0 unspecified atom stereocenters. The molecule has 17 heavy (non-hydrogen) atoms. The van der Waals surface area contributed by atoms with E-state index in [1.54, 1.807) is 11.3 Å². The van der Waals surface area contributed by atoms with Crippen LogP contribution < -0.4 is 5.73 Å². The molecule has 0 radical (unpaired) electrons. The minimum absolute atomic E-state index is 0.0762. The number of aryl methyl sites for hydroxylation is 1. The first-order valence-corrected chi connectivity index (χ1v) is 6.88. The molecular weight excluding hydrogens is 230 g/mol. The molecule has 1 heterocycles. The van der Waals surface area contributed by atoms with Crippen molar-refractivity contribution in [1.29, 1.82) is 0 Å². The van der Waals surface area contributed by atoms with E-state index >= 15 is 0 Å². The fourth-order valence-corrected chi connectivity index (χ4v) is 2.30. The van der Waals surface area contributed by atoms with Crippen molar-refractivity contribution in [2.24, 2.45) is 11.1 Å². The van der Waals surface area contributed by atoms with Crippen molar-refractivity contribution in [2.45, 2.75) is 46.7 Å². The lowest BCUT2D eigenvalue weighted by Crippen LogP contribution is -2.52. The Labute approximate surface area is 109 Å². The smallest absolute Gasteiger partial charge is 0.0897 e. The molecule has 1 aromatic heterocycles. The molecule has 1 aromatic rings. The molecule has 0 aliphatic carbocycles. The Morgan fingerprint density at radius 2 is 1.94 bits per heavy atom. The SMILES string of the molecule is Cc1nc(CN(C)CC(C)(C)C(C)(C)N)cs1. The van der Waals surface area contributed by atoms with Crippen LogP contribution in [-0.4, -0.2) is 29.0 Å². The summed E-state index contributed by atoms with van der Waals surface area (Å²) in [5, 5.41) is 3.26. The summed E-state index contributed by atoms with van der Waals surface area (Å²) in [6.07, 6.45) is 0. The number of nitrogens with two attached hydrogens (primary N) is 1. The van der Waals surface area contributed by atoms with E-state index < -0.39 is 0 Å². The van der Waals surface area contributed by atoms with E-state index in [1.165, 1.54) is 0 Å². The van der Waals surface area contributed by atoms with E-state index in [1.807, 2.05) is 6.92 Å². The fraction of sp³-hybridized carbons (Fsp3) is 0.769. The molecule has 98 valence electrons. The van der Waals surface area contributed by atoms with Gasteiger partial charge in [-0.1, -0.05) is 13.8 Å². The Bertz CT molecular complexity index is 363. The minimum Gasteiger partial charge on any atom is -0.325 e. The zero-order valence-electron chi connectivity index (χ0n) is 11.9. The molecule has 1 rings (SSSR count). The third-order valence-electron chi connectivity index (χ3n) is 3.51. The Morgan fingerprint density at radius 1 is 1.35 bits per heavy atom. The van der Waals surface area contributed by atoms with Crippen LogP contribution in [0.4, 0.5) is 0 Å². The van der Waals surface area contributed by atoms with Crippen LogP contribution in [0, 0.1) is 12.3 Å². The van der Waals surface area contributed by atoms with Gasteiger partial charge in [-0.05, 0) is 33.2 Å². The number of hydrogen-bond acceptors (Lipinski definition) is 4. The summed E-state index contributed by atoms with van der Waals surface area (Å²) in [5.74, 6) is 0. The third kappa shape index (κ3) is 4.05. The highest BCUT2D eigenvalue weighted by Gasteiger charge is 2.34. The van der Waals surface area contributed by atoms with Gasteiger partial charge < -0.3 is 5.73 Å². The first-order chi connectivity index (χ1) is 7.62. The van der Waals surface area contributed by atoms with Crippen molar-refractivity contribution in [1.82, 2.24) is 9.88 Å². The Balaban J connectivity index is 2.58. The van der Waals surface area contributed by atoms with Gasteiger partial charge in [-0.3, -0.25) is 4.90 Å². The largest absolute Gasteiger partial charge is 0.325 e. The highest BCUT2D eigenvalue weighted by atomic mass is 32.1. The van der Waals surface area contributed by atoms with Gasteiger partial charge in [0.25, 0.3) is 0 Å². The zero-order valence-corrected chi connectivity index (χ0v) is 12.7. The molecule has 0 spiro atoms. The summed E-state index contributed by atoms with van der Waals surface area (Å²) >= 11 is 1.71. The van der Waals surface area contributed by atoms with Crippen LogP contribution in [0.3, 0.4) is 0 Å². The van der Waals surface area contributed by atoms with Crippen molar-refractivity contribution in [3.05, 3.63) is 16.1 Å². The Morgan fingerprint density at radius 3 is 2.35 bits per heavy atom. The molecule has 0 aromatic carbocycles. The van der Waals surface area contributed by atoms with Crippen LogP contribution in [0.1, 0.15) is 38.4 Å². The maximum absolute atomic E-state index is 6.22. The van der Waals surface area contributed by atoms with E-state index in [4.69, 9.17) is 5.73 Å². The van der Waals surface area contributed by atoms with Gasteiger partial charge >= 0.3 is 0 Å². The monoisotopic (exact) mass is 255 g/mol. The number of rotatable bonds is 5. The lowest BCUT2D eigenvalue weighted by atomic mass is 9.75. The summed E-state index contributed by atoms with van der Waals surface area (Å²) in [4.78, 5) is 6.78. The fourth-order valence-electron chi connectivity index (χ4n) is 1.69. The first kappa shape index (κ1) is 14.6. The second-order valence-electron chi connectivity index (χ2n) is 6.14. The molecule has 0 aliphatic heterocycles. The van der Waals surface area contributed by atoms with Gasteiger partial charge in [-0.15, -0.1) is 11.3 Å². The quantitative estimate of drug-likeness (QED) is 0.879. The van der Waals surface area contributed by atoms with Crippen molar-refractivity contribution >= 4 is 11.3 Å². The van der Waals surface area contributed by atoms with Crippen LogP contribution in [-0.2, 0) is 6.54 Å². The highest BCUT2D eigenvalue weighted by molar-refractivity contribution is 7.09. The number of hydrogen-bond donors (Lipinski definition) is 1.